The van der Waals surface area contributed by atoms with Crippen LogP contribution in [-0.2, 0) is 17.6 Å². The Morgan fingerprint density at radius 1 is 1.33 bits per heavy atom. The third kappa shape index (κ3) is 4.26. The minimum absolute atomic E-state index is 0.0785. The van der Waals surface area contributed by atoms with Crippen LogP contribution in [0.2, 0.25) is 5.02 Å². The Morgan fingerprint density at radius 3 is 2.97 bits per heavy atom. The van der Waals surface area contributed by atoms with Crippen molar-refractivity contribution in [3.63, 3.8) is 0 Å². The quantitative estimate of drug-likeness (QED) is 0.645. The van der Waals surface area contributed by atoms with Gasteiger partial charge in [-0.25, -0.2) is 4.98 Å². The molecule has 0 radical (unpaired) electrons. The minimum atomic E-state index is -0.0831. The second-order valence-electron chi connectivity index (χ2n) is 7.68. The van der Waals surface area contributed by atoms with Gasteiger partial charge in [0.2, 0.25) is 5.91 Å². The number of aryl methyl sites for hydroxylation is 2. The largest absolute Gasteiger partial charge is 0.355 e. The molecule has 1 aromatic carbocycles. The Morgan fingerprint density at radius 2 is 2.17 bits per heavy atom. The van der Waals surface area contributed by atoms with Gasteiger partial charge < -0.3 is 14.7 Å². The summed E-state index contributed by atoms with van der Waals surface area (Å²) in [6.07, 6.45) is 3.26. The number of fused-ring (bicyclic) bond motifs is 1. The van der Waals surface area contributed by atoms with Crippen molar-refractivity contribution < 1.29 is 9.32 Å². The van der Waals surface area contributed by atoms with E-state index in [-0.39, 0.29) is 11.8 Å². The molecule has 1 fully saturated rings. The Kier molecular flexibility index (Phi) is 6.18. The van der Waals surface area contributed by atoms with E-state index in [4.69, 9.17) is 16.1 Å². The number of rotatable bonds is 6. The number of hydrogen-bond acceptors (Lipinski definition) is 6. The smallest absolute Gasteiger partial charge is 0.263 e. The third-order valence-electron chi connectivity index (χ3n) is 5.58. The molecule has 0 saturated carbocycles. The molecule has 1 saturated heterocycles. The molecule has 1 atom stereocenters. The lowest BCUT2D eigenvalue weighted by atomic mass is 9.96. The van der Waals surface area contributed by atoms with Crippen molar-refractivity contribution in [2.75, 3.05) is 24.5 Å². The van der Waals surface area contributed by atoms with Crippen molar-refractivity contribution in [2.24, 2.45) is 5.92 Å². The van der Waals surface area contributed by atoms with Gasteiger partial charge in [0.1, 0.15) is 17.0 Å². The van der Waals surface area contributed by atoms with E-state index in [1.807, 2.05) is 38.1 Å². The van der Waals surface area contributed by atoms with Crippen molar-refractivity contribution in [3.05, 3.63) is 46.4 Å². The van der Waals surface area contributed by atoms with E-state index in [1.165, 1.54) is 0 Å². The van der Waals surface area contributed by atoms with Gasteiger partial charge in [0.25, 0.3) is 5.71 Å². The van der Waals surface area contributed by atoms with Crippen LogP contribution in [0.5, 0.6) is 0 Å². The summed E-state index contributed by atoms with van der Waals surface area (Å²) in [6, 6.07) is 7.73. The van der Waals surface area contributed by atoms with Gasteiger partial charge in [-0.3, -0.25) is 4.79 Å². The summed E-state index contributed by atoms with van der Waals surface area (Å²) in [4.78, 5) is 24.0. The van der Waals surface area contributed by atoms with Crippen LogP contribution < -0.4 is 10.2 Å². The Bertz CT molecular complexity index is 1050. The zero-order valence-corrected chi connectivity index (χ0v) is 18.1. The average Bonchev–Trinajstić information content (AvgIpc) is 3.17. The Hall–Kier alpha value is -2.67. The number of anilines is 1. The molecule has 8 heteroatoms. The monoisotopic (exact) mass is 427 g/mol. The summed E-state index contributed by atoms with van der Waals surface area (Å²) in [5.41, 5.74) is 2.41. The number of carbonyl (C=O) groups is 1. The van der Waals surface area contributed by atoms with Crippen LogP contribution in [-0.4, -0.2) is 40.7 Å². The highest BCUT2D eigenvalue weighted by atomic mass is 35.5. The van der Waals surface area contributed by atoms with Gasteiger partial charge >= 0.3 is 0 Å². The lowest BCUT2D eigenvalue weighted by Gasteiger charge is -2.33. The van der Waals surface area contributed by atoms with Crippen LogP contribution in [0.15, 0.2) is 28.8 Å². The third-order valence-corrected chi connectivity index (χ3v) is 5.95. The van der Waals surface area contributed by atoms with Crippen molar-refractivity contribution in [2.45, 2.75) is 39.5 Å². The SMILES string of the molecule is CCc1noc2nc(C)nc(N3CCCC(C(=O)NCCc4ccccc4Cl)C3)c12. The summed E-state index contributed by atoms with van der Waals surface area (Å²) in [7, 11) is 0. The topological polar surface area (TPSA) is 84.2 Å². The molecule has 0 bridgehead atoms. The van der Waals surface area contributed by atoms with Crippen LogP contribution in [0, 0.1) is 12.8 Å². The van der Waals surface area contributed by atoms with Gasteiger partial charge in [0.15, 0.2) is 0 Å². The minimum Gasteiger partial charge on any atom is -0.355 e. The van der Waals surface area contributed by atoms with Crippen LogP contribution >= 0.6 is 11.6 Å². The number of aromatic nitrogens is 3. The molecule has 0 aliphatic carbocycles. The van der Waals surface area contributed by atoms with Crippen molar-refractivity contribution in [3.8, 4) is 0 Å². The van der Waals surface area contributed by atoms with E-state index in [0.717, 1.165) is 53.3 Å². The maximum absolute atomic E-state index is 12.8. The lowest BCUT2D eigenvalue weighted by Crippen LogP contribution is -2.44. The molecule has 1 unspecified atom stereocenters. The van der Waals surface area contributed by atoms with Crippen LogP contribution in [0.4, 0.5) is 5.82 Å². The molecule has 3 heterocycles. The summed E-state index contributed by atoms with van der Waals surface area (Å²) in [6.45, 7) is 5.93. The number of amides is 1. The summed E-state index contributed by atoms with van der Waals surface area (Å²) in [5, 5.41) is 8.82. The highest BCUT2D eigenvalue weighted by Crippen LogP contribution is 2.31. The fourth-order valence-electron chi connectivity index (χ4n) is 4.01. The second-order valence-corrected chi connectivity index (χ2v) is 8.08. The standard InChI is InChI=1S/C22H26ClN5O2/c1-3-18-19-20(25-14(2)26-22(19)30-27-18)28-12-6-8-16(13-28)21(29)24-11-10-15-7-4-5-9-17(15)23/h4-5,7,9,16H,3,6,8,10-13H2,1-2H3,(H,24,29). The first-order chi connectivity index (χ1) is 14.6. The number of carbonyl (C=O) groups excluding carboxylic acids is 1. The molecule has 1 N–H and O–H groups in total. The summed E-state index contributed by atoms with van der Waals surface area (Å²) >= 11 is 6.21. The highest BCUT2D eigenvalue weighted by Gasteiger charge is 2.29. The van der Waals surface area contributed by atoms with Crippen LogP contribution in [0.25, 0.3) is 11.1 Å². The van der Waals surface area contributed by atoms with E-state index in [0.29, 0.717) is 31.0 Å². The maximum Gasteiger partial charge on any atom is 0.263 e. The number of nitrogens with one attached hydrogen (secondary N) is 1. The zero-order valence-electron chi connectivity index (χ0n) is 17.3. The number of halogens is 1. The Balaban J connectivity index is 1.44. The molecular weight excluding hydrogens is 402 g/mol. The van der Waals surface area contributed by atoms with E-state index in [1.54, 1.807) is 0 Å². The van der Waals surface area contributed by atoms with Crippen molar-refractivity contribution in [1.29, 1.82) is 0 Å². The molecule has 1 amide bonds. The van der Waals surface area contributed by atoms with Crippen molar-refractivity contribution in [1.82, 2.24) is 20.4 Å². The first-order valence-corrected chi connectivity index (χ1v) is 10.8. The van der Waals surface area contributed by atoms with E-state index in [2.05, 4.69) is 25.3 Å². The fourth-order valence-corrected chi connectivity index (χ4v) is 4.24. The van der Waals surface area contributed by atoms with Crippen LogP contribution in [0.3, 0.4) is 0 Å². The van der Waals surface area contributed by atoms with Crippen LogP contribution in [0.1, 0.15) is 36.8 Å². The molecule has 1 aliphatic heterocycles. The van der Waals surface area contributed by atoms with E-state index >= 15 is 0 Å². The predicted octanol–water partition coefficient (Wildman–Crippen LogP) is 3.72. The first kappa shape index (κ1) is 20.6. The van der Waals surface area contributed by atoms with Gasteiger partial charge in [-0.15, -0.1) is 0 Å². The van der Waals surface area contributed by atoms with E-state index < -0.39 is 0 Å². The fraction of sp³-hybridized carbons (Fsp3) is 0.455. The molecule has 158 valence electrons. The zero-order chi connectivity index (χ0) is 21.1. The molecule has 1 aliphatic rings. The molecule has 7 nitrogen and oxygen atoms in total. The van der Waals surface area contributed by atoms with Gasteiger partial charge in [-0.1, -0.05) is 41.9 Å². The molecule has 30 heavy (non-hydrogen) atoms. The molecule has 4 rings (SSSR count). The lowest BCUT2D eigenvalue weighted by molar-refractivity contribution is -0.125. The number of hydrogen-bond donors (Lipinski definition) is 1. The Labute approximate surface area is 180 Å². The summed E-state index contributed by atoms with van der Waals surface area (Å²) in [5.74, 6) is 1.46. The molecule has 2 aromatic heterocycles. The first-order valence-electron chi connectivity index (χ1n) is 10.5. The number of benzene rings is 1. The van der Waals surface area contributed by atoms with E-state index in [9.17, 15) is 4.79 Å². The molecular formula is C22H26ClN5O2. The van der Waals surface area contributed by atoms with Gasteiger partial charge in [0, 0.05) is 24.7 Å². The highest BCUT2D eigenvalue weighted by molar-refractivity contribution is 6.31. The maximum atomic E-state index is 12.8. The predicted molar refractivity (Wildman–Crippen MR) is 117 cm³/mol. The summed E-state index contributed by atoms with van der Waals surface area (Å²) < 4.78 is 5.41. The number of nitrogens with zero attached hydrogens (tertiary/aromatic N) is 4. The van der Waals surface area contributed by atoms with Crippen molar-refractivity contribution >= 4 is 34.4 Å². The van der Waals surface area contributed by atoms with Gasteiger partial charge in [-0.2, -0.15) is 4.98 Å². The molecule has 3 aromatic rings. The second kappa shape index (κ2) is 9.00. The number of piperidine rings is 1. The van der Waals surface area contributed by atoms with Gasteiger partial charge in [0.05, 0.1) is 11.6 Å². The normalized spacial score (nSPS) is 16.8. The average molecular weight is 428 g/mol. The molecule has 0 spiro atoms. The van der Waals surface area contributed by atoms with Gasteiger partial charge in [-0.05, 0) is 44.2 Å².